The molecular weight excluding hydrogens is 214 g/mol. The lowest BCUT2D eigenvalue weighted by Gasteiger charge is -2.09. The first-order valence-electron chi connectivity index (χ1n) is 4.91. The van der Waals surface area contributed by atoms with E-state index in [1.54, 1.807) is 31.8 Å². The predicted molar refractivity (Wildman–Crippen MR) is 60.3 cm³/mol. The zero-order chi connectivity index (χ0) is 11.6. The maximum Gasteiger partial charge on any atom is 0.235 e. The molecule has 0 aliphatic heterocycles. The van der Waals surface area contributed by atoms with Gasteiger partial charge in [-0.05, 0) is 20.3 Å². The molecule has 15 heavy (non-hydrogen) atoms. The largest absolute Gasteiger partial charge is 0.280 e. The monoisotopic (exact) mass is 231 g/mol. The molecule has 0 radical (unpaired) electrons. The number of aromatic nitrogens is 2. The summed E-state index contributed by atoms with van der Waals surface area (Å²) in [6.45, 7) is 5.23. The third kappa shape index (κ3) is 2.71. The van der Waals surface area contributed by atoms with Gasteiger partial charge in [-0.25, -0.2) is 8.42 Å². The molecule has 5 nitrogen and oxygen atoms in total. The molecule has 0 bridgehead atoms. The predicted octanol–water partition coefficient (Wildman–Crippen LogP) is 1.13. The maximum absolute atomic E-state index is 11.6. The minimum Gasteiger partial charge on any atom is -0.280 e. The van der Waals surface area contributed by atoms with Crippen molar-refractivity contribution in [3.05, 3.63) is 11.9 Å². The Hall–Kier alpha value is -1.04. The van der Waals surface area contributed by atoms with Crippen molar-refractivity contribution >= 4 is 15.7 Å². The SMILES string of the molecule is CCc1nn(C)cc1NS(=O)(=O)C(C)C. The van der Waals surface area contributed by atoms with E-state index >= 15 is 0 Å². The number of hydrogen-bond acceptors (Lipinski definition) is 3. The van der Waals surface area contributed by atoms with Crippen LogP contribution < -0.4 is 4.72 Å². The number of rotatable bonds is 4. The first-order chi connectivity index (χ1) is 6.86. The van der Waals surface area contributed by atoms with Crippen LogP contribution in [0.2, 0.25) is 0 Å². The number of nitrogens with zero attached hydrogens (tertiary/aromatic N) is 2. The number of anilines is 1. The van der Waals surface area contributed by atoms with E-state index in [1.165, 1.54) is 0 Å². The summed E-state index contributed by atoms with van der Waals surface area (Å²) in [5.74, 6) is 0. The summed E-state index contributed by atoms with van der Waals surface area (Å²) in [7, 11) is -1.50. The lowest BCUT2D eigenvalue weighted by molar-refractivity contribution is 0.592. The van der Waals surface area contributed by atoms with Gasteiger partial charge in [-0.15, -0.1) is 0 Å². The minimum atomic E-state index is -3.27. The van der Waals surface area contributed by atoms with E-state index in [0.29, 0.717) is 12.1 Å². The highest BCUT2D eigenvalue weighted by Gasteiger charge is 2.18. The van der Waals surface area contributed by atoms with Gasteiger partial charge in [-0.3, -0.25) is 9.40 Å². The normalized spacial score (nSPS) is 12.1. The van der Waals surface area contributed by atoms with Gasteiger partial charge >= 0.3 is 0 Å². The smallest absolute Gasteiger partial charge is 0.235 e. The van der Waals surface area contributed by atoms with Crippen molar-refractivity contribution < 1.29 is 8.42 Å². The van der Waals surface area contributed by atoms with Gasteiger partial charge in [0.25, 0.3) is 0 Å². The van der Waals surface area contributed by atoms with Crippen LogP contribution in [0.25, 0.3) is 0 Å². The van der Waals surface area contributed by atoms with Crippen LogP contribution in [0.4, 0.5) is 5.69 Å². The Morgan fingerprint density at radius 2 is 2.13 bits per heavy atom. The molecule has 0 spiro atoms. The second kappa shape index (κ2) is 4.22. The van der Waals surface area contributed by atoms with Crippen LogP contribution in [0.3, 0.4) is 0 Å². The highest BCUT2D eigenvalue weighted by molar-refractivity contribution is 7.93. The average Bonchev–Trinajstić information content (AvgIpc) is 2.44. The summed E-state index contributed by atoms with van der Waals surface area (Å²) in [5.41, 5.74) is 1.34. The molecule has 0 atom stereocenters. The van der Waals surface area contributed by atoms with E-state index in [1.807, 2.05) is 6.92 Å². The van der Waals surface area contributed by atoms with Gasteiger partial charge in [0.1, 0.15) is 0 Å². The van der Waals surface area contributed by atoms with Gasteiger partial charge in [-0.2, -0.15) is 5.10 Å². The van der Waals surface area contributed by atoms with Crippen molar-refractivity contribution in [3.8, 4) is 0 Å². The topological polar surface area (TPSA) is 64.0 Å². The molecule has 1 rings (SSSR count). The molecule has 0 aliphatic rings. The Bertz CT molecular complexity index is 434. The number of nitrogens with one attached hydrogen (secondary N) is 1. The first-order valence-corrected chi connectivity index (χ1v) is 6.45. The van der Waals surface area contributed by atoms with Crippen LogP contribution in [0.1, 0.15) is 26.5 Å². The Kier molecular flexibility index (Phi) is 3.38. The second-order valence-electron chi connectivity index (χ2n) is 3.71. The number of aryl methyl sites for hydroxylation is 2. The lowest BCUT2D eigenvalue weighted by Crippen LogP contribution is -2.22. The molecule has 6 heteroatoms. The highest BCUT2D eigenvalue weighted by atomic mass is 32.2. The third-order valence-corrected chi connectivity index (χ3v) is 3.86. The lowest BCUT2D eigenvalue weighted by atomic mass is 10.3. The van der Waals surface area contributed by atoms with Crippen molar-refractivity contribution in [3.63, 3.8) is 0 Å². The van der Waals surface area contributed by atoms with E-state index in [2.05, 4.69) is 9.82 Å². The van der Waals surface area contributed by atoms with E-state index in [9.17, 15) is 8.42 Å². The standard InChI is InChI=1S/C9H17N3O2S/c1-5-8-9(6-12(4)10-8)11-15(13,14)7(2)3/h6-7,11H,5H2,1-4H3. The fourth-order valence-corrected chi connectivity index (χ4v) is 1.86. The number of sulfonamides is 1. The molecule has 1 heterocycles. The molecule has 0 fully saturated rings. The van der Waals surface area contributed by atoms with Crippen LogP contribution in [-0.4, -0.2) is 23.4 Å². The van der Waals surface area contributed by atoms with Crippen LogP contribution >= 0.6 is 0 Å². The fourth-order valence-electron chi connectivity index (χ4n) is 1.15. The van der Waals surface area contributed by atoms with E-state index in [0.717, 1.165) is 5.69 Å². The molecule has 1 aromatic heterocycles. The Morgan fingerprint density at radius 3 is 2.60 bits per heavy atom. The van der Waals surface area contributed by atoms with Crippen molar-refractivity contribution in [2.75, 3.05) is 4.72 Å². The van der Waals surface area contributed by atoms with Crippen LogP contribution in [0, 0.1) is 0 Å². The molecule has 0 amide bonds. The summed E-state index contributed by atoms with van der Waals surface area (Å²) < 4.78 is 27.4. The molecule has 0 saturated heterocycles. The van der Waals surface area contributed by atoms with E-state index in [-0.39, 0.29) is 0 Å². The molecule has 0 saturated carbocycles. The zero-order valence-electron chi connectivity index (χ0n) is 9.48. The van der Waals surface area contributed by atoms with Crippen LogP contribution in [0.15, 0.2) is 6.20 Å². The third-order valence-electron chi connectivity index (χ3n) is 2.11. The first kappa shape index (κ1) is 12.0. The van der Waals surface area contributed by atoms with Gasteiger partial charge < -0.3 is 0 Å². The fraction of sp³-hybridized carbons (Fsp3) is 0.667. The number of hydrogen-bond donors (Lipinski definition) is 1. The van der Waals surface area contributed by atoms with E-state index in [4.69, 9.17) is 0 Å². The molecule has 1 N–H and O–H groups in total. The minimum absolute atomic E-state index is 0.442. The summed E-state index contributed by atoms with van der Waals surface area (Å²) >= 11 is 0. The van der Waals surface area contributed by atoms with Gasteiger partial charge in [-0.1, -0.05) is 6.92 Å². The average molecular weight is 231 g/mol. The molecule has 1 aromatic rings. The molecule has 0 unspecified atom stereocenters. The van der Waals surface area contributed by atoms with Crippen LogP contribution in [0.5, 0.6) is 0 Å². The Balaban J connectivity index is 2.99. The van der Waals surface area contributed by atoms with Gasteiger partial charge in [0.05, 0.1) is 16.6 Å². The molecule has 86 valence electrons. The summed E-state index contributed by atoms with van der Waals surface area (Å²) in [5, 5.41) is 3.72. The molecule has 0 aromatic carbocycles. The maximum atomic E-state index is 11.6. The molecular formula is C9H17N3O2S. The van der Waals surface area contributed by atoms with Crippen molar-refractivity contribution in [1.82, 2.24) is 9.78 Å². The van der Waals surface area contributed by atoms with Gasteiger partial charge in [0.15, 0.2) is 0 Å². The summed E-state index contributed by atoms with van der Waals surface area (Å²) in [6.07, 6.45) is 2.38. The summed E-state index contributed by atoms with van der Waals surface area (Å²) in [6, 6.07) is 0. The Labute approximate surface area is 90.5 Å². The second-order valence-corrected chi connectivity index (χ2v) is 5.95. The summed E-state index contributed by atoms with van der Waals surface area (Å²) in [4.78, 5) is 0. The van der Waals surface area contributed by atoms with Crippen LogP contribution in [-0.2, 0) is 23.5 Å². The zero-order valence-corrected chi connectivity index (χ0v) is 10.3. The van der Waals surface area contributed by atoms with Gasteiger partial charge in [0, 0.05) is 13.2 Å². The van der Waals surface area contributed by atoms with Gasteiger partial charge in [0.2, 0.25) is 10.0 Å². The van der Waals surface area contributed by atoms with E-state index < -0.39 is 15.3 Å². The van der Waals surface area contributed by atoms with Crippen molar-refractivity contribution in [2.24, 2.45) is 7.05 Å². The Morgan fingerprint density at radius 1 is 1.53 bits per heavy atom. The molecule has 0 aliphatic carbocycles. The highest BCUT2D eigenvalue weighted by Crippen LogP contribution is 2.16. The quantitative estimate of drug-likeness (QED) is 0.845. The van der Waals surface area contributed by atoms with Crippen molar-refractivity contribution in [1.29, 1.82) is 0 Å². The van der Waals surface area contributed by atoms with Crippen molar-refractivity contribution in [2.45, 2.75) is 32.4 Å².